The number of phenolic OH excluding ortho intramolecular Hbond substituents is 1. The normalized spacial score (nSPS) is 11.0. The van der Waals surface area contributed by atoms with E-state index in [1.807, 2.05) is 20.2 Å². The average molecular weight is 191 g/mol. The van der Waals surface area contributed by atoms with E-state index in [1.54, 1.807) is 16.9 Å². The second-order valence-corrected chi connectivity index (χ2v) is 3.34. The number of hydrogen-bond acceptors (Lipinski definition) is 3. The van der Waals surface area contributed by atoms with E-state index in [1.165, 1.54) is 0 Å². The molecule has 0 bridgehead atoms. The van der Waals surface area contributed by atoms with Gasteiger partial charge in [0.15, 0.2) is 0 Å². The number of rotatable bonds is 2. The molecule has 0 aliphatic heterocycles. The highest BCUT2D eigenvalue weighted by Crippen LogP contribution is 2.24. The van der Waals surface area contributed by atoms with E-state index in [-0.39, 0.29) is 0 Å². The van der Waals surface area contributed by atoms with Gasteiger partial charge in [-0.1, -0.05) is 0 Å². The minimum Gasteiger partial charge on any atom is -0.508 e. The number of fused-ring (bicyclic) bond motifs is 1. The summed E-state index contributed by atoms with van der Waals surface area (Å²) in [7, 11) is 3.71. The quantitative estimate of drug-likeness (QED) is 0.744. The third-order valence-corrected chi connectivity index (χ3v) is 2.31. The molecule has 0 spiro atoms. The number of aromatic hydroxyl groups is 1. The first-order valence-corrected chi connectivity index (χ1v) is 4.50. The summed E-state index contributed by atoms with van der Waals surface area (Å²) in [5.74, 6) is 0.315. The molecule has 0 aliphatic carbocycles. The molecule has 0 saturated heterocycles. The summed E-state index contributed by atoms with van der Waals surface area (Å²) < 4.78 is 1.75. The maximum absolute atomic E-state index is 9.70. The average Bonchev–Trinajstić information content (AvgIpc) is 2.50. The van der Waals surface area contributed by atoms with Gasteiger partial charge in [-0.15, -0.1) is 0 Å². The van der Waals surface area contributed by atoms with Gasteiger partial charge >= 0.3 is 0 Å². The zero-order valence-corrected chi connectivity index (χ0v) is 8.28. The highest BCUT2D eigenvalue weighted by atomic mass is 16.3. The van der Waals surface area contributed by atoms with Crippen molar-refractivity contribution < 1.29 is 5.11 Å². The lowest BCUT2D eigenvalue weighted by atomic mass is 10.1. The van der Waals surface area contributed by atoms with Crippen LogP contribution in [0.25, 0.3) is 10.9 Å². The van der Waals surface area contributed by atoms with E-state index in [2.05, 4.69) is 10.4 Å². The molecule has 1 aromatic heterocycles. The van der Waals surface area contributed by atoms with Crippen LogP contribution in [-0.4, -0.2) is 21.9 Å². The van der Waals surface area contributed by atoms with Crippen molar-refractivity contribution in [2.75, 3.05) is 7.05 Å². The fourth-order valence-electron chi connectivity index (χ4n) is 1.57. The highest BCUT2D eigenvalue weighted by molar-refractivity contribution is 5.81. The summed E-state index contributed by atoms with van der Waals surface area (Å²) in [6, 6.07) is 3.70. The first-order valence-electron chi connectivity index (χ1n) is 4.50. The third-order valence-electron chi connectivity index (χ3n) is 2.31. The van der Waals surface area contributed by atoms with Crippen molar-refractivity contribution in [3.05, 3.63) is 23.9 Å². The van der Waals surface area contributed by atoms with Gasteiger partial charge in [0.2, 0.25) is 0 Å². The molecule has 2 aromatic rings. The van der Waals surface area contributed by atoms with Crippen molar-refractivity contribution in [1.82, 2.24) is 15.1 Å². The van der Waals surface area contributed by atoms with E-state index >= 15 is 0 Å². The second-order valence-electron chi connectivity index (χ2n) is 3.34. The topological polar surface area (TPSA) is 50.1 Å². The molecule has 0 radical (unpaired) electrons. The van der Waals surface area contributed by atoms with Gasteiger partial charge in [0.05, 0.1) is 11.7 Å². The van der Waals surface area contributed by atoms with Gasteiger partial charge in [-0.2, -0.15) is 5.10 Å². The van der Waals surface area contributed by atoms with Crippen molar-refractivity contribution >= 4 is 10.9 Å². The van der Waals surface area contributed by atoms with Crippen LogP contribution in [0.1, 0.15) is 5.56 Å². The van der Waals surface area contributed by atoms with Crippen LogP contribution in [0, 0.1) is 0 Å². The van der Waals surface area contributed by atoms with Crippen LogP contribution in [-0.2, 0) is 13.6 Å². The fraction of sp³-hybridized carbons (Fsp3) is 0.300. The second kappa shape index (κ2) is 3.31. The van der Waals surface area contributed by atoms with Gasteiger partial charge in [-0.05, 0) is 13.1 Å². The van der Waals surface area contributed by atoms with Crippen LogP contribution in [0.15, 0.2) is 18.3 Å². The molecule has 74 valence electrons. The monoisotopic (exact) mass is 191 g/mol. The predicted octanol–water partition coefficient (Wildman–Crippen LogP) is 0.998. The van der Waals surface area contributed by atoms with E-state index in [4.69, 9.17) is 0 Å². The molecule has 0 aliphatic rings. The molecular weight excluding hydrogens is 178 g/mol. The molecule has 4 heteroatoms. The zero-order chi connectivity index (χ0) is 10.1. The number of aryl methyl sites for hydroxylation is 1. The third kappa shape index (κ3) is 1.33. The van der Waals surface area contributed by atoms with E-state index in [9.17, 15) is 5.11 Å². The smallest absolute Gasteiger partial charge is 0.122 e. The summed E-state index contributed by atoms with van der Waals surface area (Å²) >= 11 is 0. The van der Waals surface area contributed by atoms with Crippen LogP contribution in [0.5, 0.6) is 5.75 Å². The molecule has 0 amide bonds. The largest absolute Gasteiger partial charge is 0.508 e. The lowest BCUT2D eigenvalue weighted by Crippen LogP contribution is -2.05. The van der Waals surface area contributed by atoms with E-state index < -0.39 is 0 Å². The molecule has 2 N–H and O–H groups in total. The lowest BCUT2D eigenvalue weighted by molar-refractivity contribution is 0.467. The van der Waals surface area contributed by atoms with Gasteiger partial charge in [-0.25, -0.2) is 0 Å². The van der Waals surface area contributed by atoms with Gasteiger partial charge in [0.1, 0.15) is 5.75 Å². The minimum atomic E-state index is 0.315. The Hall–Kier alpha value is -1.55. The molecule has 1 heterocycles. The highest BCUT2D eigenvalue weighted by Gasteiger charge is 2.05. The molecular formula is C10H13N3O. The first-order chi connectivity index (χ1) is 6.72. The van der Waals surface area contributed by atoms with Crippen molar-refractivity contribution in [2.24, 2.45) is 7.05 Å². The molecule has 2 rings (SSSR count). The predicted molar refractivity (Wildman–Crippen MR) is 55.1 cm³/mol. The zero-order valence-electron chi connectivity index (χ0n) is 8.28. The van der Waals surface area contributed by atoms with Crippen LogP contribution >= 0.6 is 0 Å². The summed E-state index contributed by atoms with van der Waals surface area (Å²) in [5.41, 5.74) is 1.84. The van der Waals surface area contributed by atoms with Crippen LogP contribution in [0.2, 0.25) is 0 Å². The number of aromatic nitrogens is 2. The van der Waals surface area contributed by atoms with Gasteiger partial charge in [-0.3, -0.25) is 4.68 Å². The molecule has 0 unspecified atom stereocenters. The summed E-state index contributed by atoms with van der Waals surface area (Å²) in [5, 5.41) is 17.9. The molecule has 4 nitrogen and oxygen atoms in total. The van der Waals surface area contributed by atoms with Gasteiger partial charge in [0.25, 0.3) is 0 Å². The van der Waals surface area contributed by atoms with Crippen LogP contribution in [0.4, 0.5) is 0 Å². The minimum absolute atomic E-state index is 0.315. The lowest BCUT2D eigenvalue weighted by Gasteiger charge is -2.04. The van der Waals surface area contributed by atoms with Gasteiger partial charge in [0, 0.05) is 30.6 Å². The molecule has 1 aromatic carbocycles. The van der Waals surface area contributed by atoms with Gasteiger partial charge < -0.3 is 10.4 Å². The summed E-state index contributed by atoms with van der Waals surface area (Å²) in [4.78, 5) is 0. The van der Waals surface area contributed by atoms with Crippen molar-refractivity contribution in [1.29, 1.82) is 0 Å². The maximum atomic E-state index is 9.70. The van der Waals surface area contributed by atoms with Crippen molar-refractivity contribution in [3.8, 4) is 5.75 Å². The van der Waals surface area contributed by atoms with E-state index in [0.29, 0.717) is 12.3 Å². The first kappa shape index (κ1) is 9.02. The molecule has 0 saturated carbocycles. The Morgan fingerprint density at radius 2 is 2.29 bits per heavy atom. The Morgan fingerprint density at radius 1 is 1.50 bits per heavy atom. The Morgan fingerprint density at radius 3 is 3.00 bits per heavy atom. The molecule has 14 heavy (non-hydrogen) atoms. The van der Waals surface area contributed by atoms with E-state index in [0.717, 1.165) is 16.5 Å². The summed E-state index contributed by atoms with van der Waals surface area (Å²) in [6.07, 6.45) is 1.80. The number of nitrogens with one attached hydrogen (secondary N) is 1. The van der Waals surface area contributed by atoms with Crippen molar-refractivity contribution in [2.45, 2.75) is 6.54 Å². The number of benzene rings is 1. The Bertz CT molecular complexity index is 462. The summed E-state index contributed by atoms with van der Waals surface area (Å²) in [6.45, 7) is 0.663. The number of hydrogen-bond donors (Lipinski definition) is 2. The standard InChI is InChI=1S/C10H13N3O/c1-11-5-8-3-7-6-12-13(2)9(7)4-10(8)14/h3-4,6,11,14H,5H2,1-2H3. The molecule has 0 fully saturated rings. The molecule has 0 atom stereocenters. The maximum Gasteiger partial charge on any atom is 0.122 e. The number of phenols is 1. The van der Waals surface area contributed by atoms with Crippen LogP contribution < -0.4 is 5.32 Å². The Kier molecular flexibility index (Phi) is 2.13. The van der Waals surface area contributed by atoms with Crippen LogP contribution in [0.3, 0.4) is 0 Å². The SMILES string of the molecule is CNCc1cc2cnn(C)c2cc1O. The Labute approximate surface area is 82.2 Å². The van der Waals surface area contributed by atoms with Crippen molar-refractivity contribution in [3.63, 3.8) is 0 Å². The fourth-order valence-corrected chi connectivity index (χ4v) is 1.57. The Balaban J connectivity index is 2.60. The number of nitrogens with zero attached hydrogens (tertiary/aromatic N) is 2.